The Morgan fingerprint density at radius 1 is 1.20 bits per heavy atom. The number of hydrogen-bond acceptors (Lipinski definition) is 3. The molecule has 2 aromatic rings. The van der Waals surface area contributed by atoms with Gasteiger partial charge in [-0.05, 0) is 31.7 Å². The maximum absolute atomic E-state index is 12.9. The van der Waals surface area contributed by atoms with Gasteiger partial charge in [-0.3, -0.25) is 4.98 Å². The molecule has 2 heterocycles. The van der Waals surface area contributed by atoms with Crippen LogP contribution >= 0.6 is 0 Å². The molecular weight excluding hydrogens is 269 g/mol. The van der Waals surface area contributed by atoms with E-state index in [-0.39, 0.29) is 12.1 Å². The number of aryl methyl sites for hydroxylation is 1. The first-order chi connectivity index (χ1) is 9.55. The van der Waals surface area contributed by atoms with Gasteiger partial charge in [0.05, 0.1) is 17.9 Å². The summed E-state index contributed by atoms with van der Waals surface area (Å²) in [6.45, 7) is 0.0605. The van der Waals surface area contributed by atoms with Crippen LogP contribution in [0.5, 0.6) is 0 Å². The Morgan fingerprint density at radius 2 is 2.00 bits per heavy atom. The zero-order valence-electron chi connectivity index (χ0n) is 10.7. The quantitative estimate of drug-likeness (QED) is 0.850. The average molecular weight is 282 g/mol. The lowest BCUT2D eigenvalue weighted by molar-refractivity contribution is -0.141. The molecule has 0 saturated carbocycles. The Kier molecular flexibility index (Phi) is 3.19. The normalized spacial score (nSPS) is 15.2. The van der Waals surface area contributed by atoms with Gasteiger partial charge in [-0.1, -0.05) is 11.3 Å². The highest BCUT2D eigenvalue weighted by Gasteiger charge is 2.35. The summed E-state index contributed by atoms with van der Waals surface area (Å²) in [6.07, 6.45) is 0.477. The van der Waals surface area contributed by atoms with Gasteiger partial charge in [0.1, 0.15) is 5.69 Å². The van der Waals surface area contributed by atoms with E-state index in [1.807, 2.05) is 0 Å². The smallest absolute Gasteiger partial charge is 0.251 e. The van der Waals surface area contributed by atoms with Gasteiger partial charge in [0.2, 0.25) is 0 Å². The third-order valence-electron chi connectivity index (χ3n) is 3.48. The number of pyridine rings is 1. The maximum Gasteiger partial charge on any atom is 0.433 e. The predicted molar refractivity (Wildman–Crippen MR) is 65.0 cm³/mol. The summed E-state index contributed by atoms with van der Waals surface area (Å²) in [7, 11) is 0. The second-order valence-electron chi connectivity index (χ2n) is 4.86. The summed E-state index contributed by atoms with van der Waals surface area (Å²) >= 11 is 0. The summed E-state index contributed by atoms with van der Waals surface area (Å²) in [5.41, 5.74) is 1.14. The number of nitrogens with zero attached hydrogens (tertiary/aromatic N) is 4. The number of aromatic nitrogens is 4. The molecule has 1 aliphatic carbocycles. The molecule has 106 valence electrons. The zero-order valence-corrected chi connectivity index (χ0v) is 10.7. The van der Waals surface area contributed by atoms with Crippen LogP contribution < -0.4 is 0 Å². The summed E-state index contributed by atoms with van der Waals surface area (Å²) in [4.78, 5) is 3.46. The Hall–Kier alpha value is -1.92. The molecule has 0 radical (unpaired) electrons. The molecule has 0 bridgehead atoms. The Labute approximate surface area is 113 Å². The van der Waals surface area contributed by atoms with Gasteiger partial charge in [-0.25, -0.2) is 4.68 Å². The molecule has 20 heavy (non-hydrogen) atoms. The molecule has 1 aliphatic rings. The molecule has 0 saturated heterocycles. The van der Waals surface area contributed by atoms with Gasteiger partial charge < -0.3 is 0 Å². The van der Waals surface area contributed by atoms with Gasteiger partial charge in [-0.15, -0.1) is 5.10 Å². The van der Waals surface area contributed by atoms with Crippen molar-refractivity contribution in [2.45, 2.75) is 38.4 Å². The minimum absolute atomic E-state index is 0.0605. The highest BCUT2D eigenvalue weighted by atomic mass is 19.4. The molecule has 0 fully saturated rings. The van der Waals surface area contributed by atoms with Gasteiger partial charge in [0, 0.05) is 11.8 Å². The fraction of sp³-hybridized carbons (Fsp3) is 0.462. The van der Waals surface area contributed by atoms with Gasteiger partial charge >= 0.3 is 6.18 Å². The van der Waals surface area contributed by atoms with Crippen LogP contribution in [0.3, 0.4) is 0 Å². The molecule has 0 atom stereocenters. The molecule has 2 aromatic heterocycles. The SMILES string of the molecule is FC(F)(F)c1ncccc1Cn1nnc2c1CCCC2. The Balaban J connectivity index is 1.94. The topological polar surface area (TPSA) is 43.6 Å². The standard InChI is InChI=1S/C13H13F3N4/c14-13(15,16)12-9(4-3-7-17-12)8-20-11-6-2-1-5-10(11)18-19-20/h3-4,7H,1-2,5-6,8H2. The van der Waals surface area contributed by atoms with Crippen molar-refractivity contribution in [1.82, 2.24) is 20.0 Å². The van der Waals surface area contributed by atoms with Gasteiger partial charge in [0.25, 0.3) is 0 Å². The van der Waals surface area contributed by atoms with Crippen molar-refractivity contribution in [2.24, 2.45) is 0 Å². The molecular formula is C13H13F3N4. The van der Waals surface area contributed by atoms with Crippen LogP contribution in [0.1, 0.15) is 35.5 Å². The van der Waals surface area contributed by atoms with Gasteiger partial charge in [0.15, 0.2) is 0 Å². The zero-order chi connectivity index (χ0) is 14.2. The van der Waals surface area contributed by atoms with E-state index in [4.69, 9.17) is 0 Å². The highest BCUT2D eigenvalue weighted by molar-refractivity contribution is 5.24. The van der Waals surface area contributed by atoms with Crippen molar-refractivity contribution in [1.29, 1.82) is 0 Å². The minimum Gasteiger partial charge on any atom is -0.251 e. The summed E-state index contributed by atoms with van der Waals surface area (Å²) in [5, 5.41) is 8.04. The monoisotopic (exact) mass is 282 g/mol. The first-order valence-electron chi connectivity index (χ1n) is 6.48. The molecule has 3 rings (SSSR count). The van der Waals surface area contributed by atoms with E-state index in [0.29, 0.717) is 0 Å². The van der Waals surface area contributed by atoms with Crippen LogP contribution in [0.25, 0.3) is 0 Å². The number of alkyl halides is 3. The van der Waals surface area contributed by atoms with E-state index < -0.39 is 11.9 Å². The third-order valence-corrected chi connectivity index (χ3v) is 3.48. The third kappa shape index (κ3) is 2.39. The van der Waals surface area contributed by atoms with Crippen LogP contribution in [0.15, 0.2) is 18.3 Å². The predicted octanol–water partition coefficient (Wildman–Crippen LogP) is 2.62. The van der Waals surface area contributed by atoms with Crippen molar-refractivity contribution in [2.75, 3.05) is 0 Å². The second kappa shape index (κ2) is 4.88. The van der Waals surface area contributed by atoms with Crippen LogP contribution in [0.4, 0.5) is 13.2 Å². The van der Waals surface area contributed by atoms with Crippen LogP contribution in [-0.4, -0.2) is 20.0 Å². The van der Waals surface area contributed by atoms with E-state index in [2.05, 4.69) is 15.3 Å². The number of halogens is 3. The Bertz CT molecular complexity index is 618. The first kappa shape index (κ1) is 13.1. The van der Waals surface area contributed by atoms with Crippen molar-refractivity contribution in [3.05, 3.63) is 41.0 Å². The lowest BCUT2D eigenvalue weighted by Crippen LogP contribution is -2.16. The van der Waals surface area contributed by atoms with Crippen molar-refractivity contribution in [3.8, 4) is 0 Å². The molecule has 0 spiro atoms. The van der Waals surface area contributed by atoms with E-state index in [1.165, 1.54) is 12.1 Å². The summed E-state index contributed by atoms with van der Waals surface area (Å²) in [6, 6.07) is 2.95. The number of rotatable bonds is 2. The molecule has 4 nitrogen and oxygen atoms in total. The highest BCUT2D eigenvalue weighted by Crippen LogP contribution is 2.30. The van der Waals surface area contributed by atoms with E-state index >= 15 is 0 Å². The number of hydrogen-bond donors (Lipinski definition) is 0. The molecule has 0 unspecified atom stereocenters. The average Bonchev–Trinajstić information content (AvgIpc) is 2.82. The van der Waals surface area contributed by atoms with E-state index in [1.54, 1.807) is 4.68 Å². The van der Waals surface area contributed by atoms with Crippen LogP contribution in [0, 0.1) is 0 Å². The van der Waals surface area contributed by atoms with Crippen LogP contribution in [-0.2, 0) is 25.6 Å². The van der Waals surface area contributed by atoms with Crippen molar-refractivity contribution in [3.63, 3.8) is 0 Å². The first-order valence-corrected chi connectivity index (χ1v) is 6.48. The second-order valence-corrected chi connectivity index (χ2v) is 4.86. The molecule has 0 aromatic carbocycles. The lowest BCUT2D eigenvalue weighted by atomic mass is 10.0. The molecule has 7 heteroatoms. The van der Waals surface area contributed by atoms with Crippen molar-refractivity contribution >= 4 is 0 Å². The number of fused-ring (bicyclic) bond motifs is 1. The van der Waals surface area contributed by atoms with Crippen LogP contribution in [0.2, 0.25) is 0 Å². The van der Waals surface area contributed by atoms with Gasteiger partial charge in [-0.2, -0.15) is 13.2 Å². The fourth-order valence-electron chi connectivity index (χ4n) is 2.53. The largest absolute Gasteiger partial charge is 0.433 e. The van der Waals surface area contributed by atoms with Crippen molar-refractivity contribution < 1.29 is 13.2 Å². The van der Waals surface area contributed by atoms with E-state index in [9.17, 15) is 13.2 Å². The maximum atomic E-state index is 12.9. The molecule has 0 N–H and O–H groups in total. The minimum atomic E-state index is -4.45. The van der Waals surface area contributed by atoms with E-state index in [0.717, 1.165) is 43.3 Å². The molecule has 0 amide bonds. The Morgan fingerprint density at radius 3 is 2.80 bits per heavy atom. The lowest BCUT2D eigenvalue weighted by Gasteiger charge is -2.14. The summed E-state index contributed by atoms with van der Waals surface area (Å²) in [5.74, 6) is 0. The molecule has 0 aliphatic heterocycles. The summed E-state index contributed by atoms with van der Waals surface area (Å²) < 4.78 is 40.3. The fourth-order valence-corrected chi connectivity index (χ4v) is 2.53.